The highest BCUT2D eigenvalue weighted by Crippen LogP contribution is 2.38. The van der Waals surface area contributed by atoms with Crippen LogP contribution in [0.2, 0.25) is 0 Å². The molecule has 6 heteroatoms. The lowest BCUT2D eigenvalue weighted by Gasteiger charge is -2.00. The van der Waals surface area contributed by atoms with Crippen LogP contribution in [-0.4, -0.2) is 22.0 Å². The summed E-state index contributed by atoms with van der Waals surface area (Å²) < 4.78 is 0. The highest BCUT2D eigenvalue weighted by Gasteiger charge is 2.48. The molecule has 2 N–H and O–H groups in total. The third-order valence-corrected chi connectivity index (χ3v) is 3.44. The molecule has 2 atom stereocenters. The highest BCUT2D eigenvalue weighted by atomic mass is 32.1. The molecule has 0 aliphatic heterocycles. The summed E-state index contributed by atoms with van der Waals surface area (Å²) >= 11 is 1.53. The van der Waals surface area contributed by atoms with Crippen LogP contribution in [0.3, 0.4) is 0 Å². The number of carbonyl (C=O) groups is 2. The van der Waals surface area contributed by atoms with Crippen molar-refractivity contribution in [1.29, 1.82) is 0 Å². The fourth-order valence-electron chi connectivity index (χ4n) is 1.53. The van der Waals surface area contributed by atoms with Crippen LogP contribution < -0.4 is 5.32 Å². The average molecular weight is 240 g/mol. The van der Waals surface area contributed by atoms with E-state index in [1.54, 1.807) is 6.20 Å². The third kappa shape index (κ3) is 2.38. The summed E-state index contributed by atoms with van der Waals surface area (Å²) in [6, 6.07) is 0. The molecule has 1 fully saturated rings. The van der Waals surface area contributed by atoms with E-state index in [4.69, 9.17) is 5.11 Å². The number of carbonyl (C=O) groups excluding carboxylic acids is 1. The second-order valence-corrected chi connectivity index (χ2v) is 5.19. The minimum Gasteiger partial charge on any atom is -0.481 e. The molecule has 1 saturated carbocycles. The van der Waals surface area contributed by atoms with Crippen molar-refractivity contribution < 1.29 is 14.7 Å². The summed E-state index contributed by atoms with van der Waals surface area (Å²) in [4.78, 5) is 27.3. The number of hydrogen-bond donors (Lipinski definition) is 2. The Balaban J connectivity index is 1.79. The molecule has 2 unspecified atom stereocenters. The number of aryl methyl sites for hydroxylation is 1. The van der Waals surface area contributed by atoms with Crippen molar-refractivity contribution in [2.75, 3.05) is 0 Å². The van der Waals surface area contributed by atoms with Crippen molar-refractivity contribution >= 4 is 23.2 Å². The summed E-state index contributed by atoms with van der Waals surface area (Å²) in [5, 5.41) is 12.2. The van der Waals surface area contributed by atoms with Crippen LogP contribution in [0.15, 0.2) is 6.20 Å². The number of aliphatic carboxylic acids is 1. The molecule has 2 rings (SSSR count). The minimum absolute atomic E-state index is 0.180. The third-order valence-electron chi connectivity index (χ3n) is 2.53. The second kappa shape index (κ2) is 4.21. The SMILES string of the molecule is Cc1cnc(CNC(=O)C2CC2C(=O)O)s1. The lowest BCUT2D eigenvalue weighted by Crippen LogP contribution is -2.25. The molecule has 1 heterocycles. The molecule has 0 aromatic carbocycles. The van der Waals surface area contributed by atoms with Gasteiger partial charge in [-0.25, -0.2) is 4.98 Å². The molecule has 1 amide bonds. The lowest BCUT2D eigenvalue weighted by molar-refractivity contribution is -0.140. The number of nitrogens with zero attached hydrogens (tertiary/aromatic N) is 1. The number of thiazole rings is 1. The van der Waals surface area contributed by atoms with Crippen molar-refractivity contribution in [2.45, 2.75) is 19.9 Å². The average Bonchev–Trinajstić information content (AvgIpc) is 2.93. The molecule has 1 aromatic rings. The van der Waals surface area contributed by atoms with Crippen LogP contribution in [0, 0.1) is 18.8 Å². The zero-order valence-corrected chi connectivity index (χ0v) is 9.58. The van der Waals surface area contributed by atoms with E-state index in [0.29, 0.717) is 13.0 Å². The molecule has 1 aliphatic carbocycles. The summed E-state index contributed by atoms with van der Waals surface area (Å²) in [5.74, 6) is -1.90. The van der Waals surface area contributed by atoms with E-state index in [1.807, 2.05) is 6.92 Å². The Kier molecular flexibility index (Phi) is 2.91. The van der Waals surface area contributed by atoms with Crippen LogP contribution in [0.1, 0.15) is 16.3 Å². The molecule has 0 saturated heterocycles. The summed E-state index contributed by atoms with van der Waals surface area (Å²) in [6.45, 7) is 2.34. The molecular formula is C10H12N2O3S. The number of amides is 1. The lowest BCUT2D eigenvalue weighted by atomic mass is 10.3. The van der Waals surface area contributed by atoms with Gasteiger partial charge in [0, 0.05) is 11.1 Å². The van der Waals surface area contributed by atoms with Crippen molar-refractivity contribution in [2.24, 2.45) is 11.8 Å². The Morgan fingerprint density at radius 3 is 2.88 bits per heavy atom. The first kappa shape index (κ1) is 11.1. The van der Waals surface area contributed by atoms with Gasteiger partial charge in [-0.1, -0.05) is 0 Å². The largest absolute Gasteiger partial charge is 0.481 e. The Bertz CT molecular complexity index is 429. The van der Waals surface area contributed by atoms with Gasteiger partial charge in [-0.2, -0.15) is 0 Å². The number of nitrogens with one attached hydrogen (secondary N) is 1. The normalized spacial score (nSPS) is 22.8. The van der Waals surface area contributed by atoms with Gasteiger partial charge in [-0.3, -0.25) is 9.59 Å². The van der Waals surface area contributed by atoms with Gasteiger partial charge in [-0.15, -0.1) is 11.3 Å². The number of hydrogen-bond acceptors (Lipinski definition) is 4. The summed E-state index contributed by atoms with van der Waals surface area (Å²) in [7, 11) is 0. The predicted molar refractivity (Wildman–Crippen MR) is 57.9 cm³/mol. The first-order chi connectivity index (χ1) is 7.58. The molecule has 0 bridgehead atoms. The molecule has 86 valence electrons. The minimum atomic E-state index is -0.884. The maximum atomic E-state index is 11.5. The van der Waals surface area contributed by atoms with Crippen LogP contribution >= 0.6 is 11.3 Å². The van der Waals surface area contributed by atoms with Crippen LogP contribution in [0.5, 0.6) is 0 Å². The predicted octanol–water partition coefficient (Wildman–Crippen LogP) is 0.788. The highest BCUT2D eigenvalue weighted by molar-refractivity contribution is 7.11. The fourth-order valence-corrected chi connectivity index (χ4v) is 2.26. The standard InChI is InChI=1S/C10H12N2O3S/c1-5-3-11-8(16-5)4-12-9(13)6-2-7(6)10(14)15/h3,6-7H,2,4H2,1H3,(H,12,13)(H,14,15). The quantitative estimate of drug-likeness (QED) is 0.815. The fraction of sp³-hybridized carbons (Fsp3) is 0.500. The van der Waals surface area contributed by atoms with Gasteiger partial charge in [0.05, 0.1) is 18.4 Å². The van der Waals surface area contributed by atoms with Gasteiger partial charge in [-0.05, 0) is 13.3 Å². The van der Waals surface area contributed by atoms with E-state index in [1.165, 1.54) is 11.3 Å². The van der Waals surface area contributed by atoms with E-state index in [2.05, 4.69) is 10.3 Å². The van der Waals surface area contributed by atoms with Gasteiger partial charge < -0.3 is 10.4 Å². The topological polar surface area (TPSA) is 79.3 Å². The summed E-state index contributed by atoms with van der Waals surface area (Å²) in [6.07, 6.45) is 2.21. The molecule has 5 nitrogen and oxygen atoms in total. The van der Waals surface area contributed by atoms with Crippen LogP contribution in [-0.2, 0) is 16.1 Å². The molecule has 0 spiro atoms. The first-order valence-corrected chi connectivity index (χ1v) is 5.81. The van der Waals surface area contributed by atoms with Crippen molar-refractivity contribution in [3.8, 4) is 0 Å². The van der Waals surface area contributed by atoms with E-state index in [-0.39, 0.29) is 11.8 Å². The first-order valence-electron chi connectivity index (χ1n) is 4.99. The van der Waals surface area contributed by atoms with Gasteiger partial charge in [0.15, 0.2) is 0 Å². The molecule has 16 heavy (non-hydrogen) atoms. The van der Waals surface area contributed by atoms with Gasteiger partial charge >= 0.3 is 5.97 Å². The zero-order valence-electron chi connectivity index (χ0n) is 8.77. The second-order valence-electron chi connectivity index (χ2n) is 3.87. The maximum Gasteiger partial charge on any atom is 0.307 e. The zero-order chi connectivity index (χ0) is 11.7. The van der Waals surface area contributed by atoms with Crippen LogP contribution in [0.4, 0.5) is 0 Å². The van der Waals surface area contributed by atoms with E-state index in [9.17, 15) is 9.59 Å². The van der Waals surface area contributed by atoms with Gasteiger partial charge in [0.2, 0.25) is 5.91 Å². The Morgan fingerprint density at radius 2 is 2.38 bits per heavy atom. The van der Waals surface area contributed by atoms with E-state index in [0.717, 1.165) is 9.88 Å². The number of aromatic nitrogens is 1. The van der Waals surface area contributed by atoms with E-state index < -0.39 is 11.9 Å². The van der Waals surface area contributed by atoms with E-state index >= 15 is 0 Å². The van der Waals surface area contributed by atoms with Crippen molar-refractivity contribution in [3.63, 3.8) is 0 Å². The van der Waals surface area contributed by atoms with Crippen molar-refractivity contribution in [1.82, 2.24) is 10.3 Å². The molecular weight excluding hydrogens is 228 g/mol. The molecule has 1 aromatic heterocycles. The Morgan fingerprint density at radius 1 is 1.62 bits per heavy atom. The summed E-state index contributed by atoms with van der Waals surface area (Å²) in [5.41, 5.74) is 0. The Hall–Kier alpha value is -1.43. The van der Waals surface area contributed by atoms with Crippen LogP contribution in [0.25, 0.3) is 0 Å². The maximum absolute atomic E-state index is 11.5. The number of carboxylic acid groups (broad SMARTS) is 1. The molecule has 0 radical (unpaired) electrons. The smallest absolute Gasteiger partial charge is 0.307 e. The van der Waals surface area contributed by atoms with Crippen molar-refractivity contribution in [3.05, 3.63) is 16.1 Å². The molecule has 1 aliphatic rings. The van der Waals surface area contributed by atoms with Gasteiger partial charge in [0.1, 0.15) is 5.01 Å². The monoisotopic (exact) mass is 240 g/mol. The van der Waals surface area contributed by atoms with Gasteiger partial charge in [0.25, 0.3) is 0 Å². The number of rotatable bonds is 4. The Labute approximate surface area is 96.5 Å². The number of carboxylic acids is 1.